The Labute approximate surface area is 80.2 Å². The number of halogens is 1. The number of hydrogen-bond acceptors (Lipinski definition) is 2. The van der Waals surface area contributed by atoms with E-state index in [0.717, 1.165) is 12.0 Å². The molecule has 70 valence electrons. The molecule has 14 heavy (non-hydrogen) atoms. The van der Waals surface area contributed by atoms with E-state index in [1.807, 2.05) is 6.07 Å². The summed E-state index contributed by atoms with van der Waals surface area (Å²) in [6.07, 6.45) is 5.61. The average Bonchev–Trinajstić information content (AvgIpc) is 2.61. The highest BCUT2D eigenvalue weighted by Crippen LogP contribution is 2.27. The maximum Gasteiger partial charge on any atom is 0.213 e. The summed E-state index contributed by atoms with van der Waals surface area (Å²) in [6.45, 7) is 0.665. The van der Waals surface area contributed by atoms with Gasteiger partial charge in [-0.2, -0.15) is 4.39 Å². The third kappa shape index (κ3) is 0.907. The molecular formula is C10H8FN3. The van der Waals surface area contributed by atoms with Gasteiger partial charge in [0.1, 0.15) is 5.82 Å². The Kier molecular flexibility index (Phi) is 1.45. The number of aromatic nitrogens is 3. The molecule has 2 aromatic heterocycles. The van der Waals surface area contributed by atoms with Gasteiger partial charge in [0.05, 0.1) is 6.20 Å². The van der Waals surface area contributed by atoms with Crippen molar-refractivity contribution in [3.05, 3.63) is 36.2 Å². The molecule has 1 aliphatic rings. The van der Waals surface area contributed by atoms with Gasteiger partial charge >= 0.3 is 0 Å². The third-order valence-corrected chi connectivity index (χ3v) is 2.56. The van der Waals surface area contributed by atoms with E-state index in [1.165, 1.54) is 11.8 Å². The van der Waals surface area contributed by atoms with E-state index < -0.39 is 0 Å². The summed E-state index contributed by atoms with van der Waals surface area (Å²) in [6, 6.07) is 1.96. The van der Waals surface area contributed by atoms with Crippen LogP contribution in [0.1, 0.15) is 5.56 Å². The first-order valence-electron chi connectivity index (χ1n) is 4.50. The number of fused-ring (bicyclic) bond motifs is 3. The van der Waals surface area contributed by atoms with Crippen LogP contribution in [0.4, 0.5) is 4.39 Å². The van der Waals surface area contributed by atoms with Crippen LogP contribution in [0, 0.1) is 5.95 Å². The normalized spacial score (nSPS) is 13.5. The van der Waals surface area contributed by atoms with Crippen molar-refractivity contribution in [2.75, 3.05) is 0 Å². The van der Waals surface area contributed by atoms with E-state index >= 15 is 0 Å². The lowest BCUT2D eigenvalue weighted by Gasteiger charge is -2.17. The van der Waals surface area contributed by atoms with Gasteiger partial charge in [-0.05, 0) is 18.1 Å². The second-order valence-corrected chi connectivity index (χ2v) is 3.34. The number of aryl methyl sites for hydroxylation is 1. The number of imidazole rings is 1. The highest BCUT2D eigenvalue weighted by Gasteiger charge is 2.19. The molecule has 4 heteroatoms. The first-order chi connectivity index (χ1) is 6.86. The van der Waals surface area contributed by atoms with Gasteiger partial charge in [0.25, 0.3) is 0 Å². The highest BCUT2D eigenvalue weighted by atomic mass is 19.1. The van der Waals surface area contributed by atoms with Gasteiger partial charge in [-0.3, -0.25) is 4.98 Å². The summed E-state index contributed by atoms with van der Waals surface area (Å²) >= 11 is 0. The summed E-state index contributed by atoms with van der Waals surface area (Å²) in [5.74, 6) is 0.423. The molecule has 0 spiro atoms. The maximum atomic E-state index is 13.2. The zero-order valence-electron chi connectivity index (χ0n) is 7.44. The first kappa shape index (κ1) is 7.67. The largest absolute Gasteiger partial charge is 0.301 e. The topological polar surface area (TPSA) is 30.7 Å². The van der Waals surface area contributed by atoms with E-state index in [0.29, 0.717) is 12.4 Å². The Morgan fingerprint density at radius 1 is 1.36 bits per heavy atom. The molecular weight excluding hydrogens is 181 g/mol. The van der Waals surface area contributed by atoms with E-state index in [2.05, 4.69) is 9.97 Å². The van der Waals surface area contributed by atoms with Crippen molar-refractivity contribution in [2.24, 2.45) is 0 Å². The van der Waals surface area contributed by atoms with Crippen molar-refractivity contribution in [3.8, 4) is 11.4 Å². The molecule has 1 aliphatic heterocycles. The predicted octanol–water partition coefficient (Wildman–Crippen LogP) is 1.64. The molecule has 3 rings (SSSR count). The Morgan fingerprint density at radius 2 is 2.29 bits per heavy atom. The second kappa shape index (κ2) is 2.64. The zero-order chi connectivity index (χ0) is 9.54. The lowest BCUT2D eigenvalue weighted by Crippen LogP contribution is -2.12. The van der Waals surface area contributed by atoms with Crippen molar-refractivity contribution in [3.63, 3.8) is 0 Å². The molecule has 0 aliphatic carbocycles. The Balaban J connectivity index is 2.29. The van der Waals surface area contributed by atoms with Gasteiger partial charge in [0.2, 0.25) is 5.95 Å². The monoisotopic (exact) mass is 189 g/mol. The number of rotatable bonds is 0. The van der Waals surface area contributed by atoms with Gasteiger partial charge in [-0.25, -0.2) is 4.98 Å². The Morgan fingerprint density at radius 3 is 3.21 bits per heavy atom. The van der Waals surface area contributed by atoms with Crippen LogP contribution in [-0.2, 0) is 13.0 Å². The fourth-order valence-electron chi connectivity index (χ4n) is 1.86. The molecule has 0 atom stereocenters. The smallest absolute Gasteiger partial charge is 0.213 e. The van der Waals surface area contributed by atoms with Gasteiger partial charge in [-0.1, -0.05) is 0 Å². The van der Waals surface area contributed by atoms with Crippen LogP contribution in [0.25, 0.3) is 11.4 Å². The minimum absolute atomic E-state index is 0.269. The maximum absolute atomic E-state index is 13.2. The van der Waals surface area contributed by atoms with Gasteiger partial charge in [0, 0.05) is 24.5 Å². The summed E-state index contributed by atoms with van der Waals surface area (Å²) in [7, 11) is 0. The van der Waals surface area contributed by atoms with Crippen molar-refractivity contribution in [1.29, 1.82) is 0 Å². The third-order valence-electron chi connectivity index (χ3n) is 2.56. The van der Waals surface area contributed by atoms with E-state index in [-0.39, 0.29) is 5.95 Å². The molecule has 2 aromatic rings. The number of nitrogens with zero attached hydrogens (tertiary/aromatic N) is 3. The minimum Gasteiger partial charge on any atom is -0.301 e. The SMILES string of the molecule is Fc1cnc2n1CCc1ccncc1-2. The summed E-state index contributed by atoms with van der Waals surface area (Å²) in [5.41, 5.74) is 2.14. The van der Waals surface area contributed by atoms with Gasteiger partial charge < -0.3 is 4.57 Å². The van der Waals surface area contributed by atoms with Crippen LogP contribution < -0.4 is 0 Å². The van der Waals surface area contributed by atoms with E-state index in [1.54, 1.807) is 17.0 Å². The predicted molar refractivity (Wildman–Crippen MR) is 49.1 cm³/mol. The van der Waals surface area contributed by atoms with Gasteiger partial charge in [0.15, 0.2) is 0 Å². The van der Waals surface area contributed by atoms with Crippen LogP contribution in [0.2, 0.25) is 0 Å². The molecule has 0 aromatic carbocycles. The van der Waals surface area contributed by atoms with Crippen LogP contribution in [0.15, 0.2) is 24.7 Å². The molecule has 0 saturated carbocycles. The lowest BCUT2D eigenvalue weighted by molar-refractivity contribution is 0.493. The second-order valence-electron chi connectivity index (χ2n) is 3.34. The quantitative estimate of drug-likeness (QED) is 0.630. The van der Waals surface area contributed by atoms with E-state index in [9.17, 15) is 4.39 Å². The molecule has 0 N–H and O–H groups in total. The fraction of sp³-hybridized carbons (Fsp3) is 0.200. The molecule has 0 bridgehead atoms. The van der Waals surface area contributed by atoms with Crippen LogP contribution in [-0.4, -0.2) is 14.5 Å². The van der Waals surface area contributed by atoms with Crippen molar-refractivity contribution >= 4 is 0 Å². The van der Waals surface area contributed by atoms with E-state index in [4.69, 9.17) is 0 Å². The van der Waals surface area contributed by atoms with Crippen molar-refractivity contribution < 1.29 is 4.39 Å². The summed E-state index contributed by atoms with van der Waals surface area (Å²) in [5, 5.41) is 0. The summed E-state index contributed by atoms with van der Waals surface area (Å²) < 4.78 is 14.8. The van der Waals surface area contributed by atoms with Gasteiger partial charge in [-0.15, -0.1) is 0 Å². The van der Waals surface area contributed by atoms with Crippen molar-refractivity contribution in [1.82, 2.24) is 14.5 Å². The van der Waals surface area contributed by atoms with Crippen molar-refractivity contribution in [2.45, 2.75) is 13.0 Å². The molecule has 0 radical (unpaired) electrons. The van der Waals surface area contributed by atoms with Crippen LogP contribution in [0.5, 0.6) is 0 Å². The summed E-state index contributed by atoms with van der Waals surface area (Å²) in [4.78, 5) is 8.08. The Hall–Kier alpha value is -1.71. The average molecular weight is 189 g/mol. The zero-order valence-corrected chi connectivity index (χ0v) is 7.44. The molecule has 0 unspecified atom stereocenters. The Bertz CT molecular complexity index is 490. The van der Waals surface area contributed by atoms with Crippen LogP contribution >= 0.6 is 0 Å². The highest BCUT2D eigenvalue weighted by molar-refractivity contribution is 5.60. The lowest BCUT2D eigenvalue weighted by atomic mass is 10.0. The fourth-order valence-corrected chi connectivity index (χ4v) is 1.86. The van der Waals surface area contributed by atoms with Crippen LogP contribution in [0.3, 0.4) is 0 Å². The minimum atomic E-state index is -0.269. The standard InChI is InChI=1S/C10H8FN3/c11-9-6-13-10-8-5-12-3-1-7(8)2-4-14(9)10/h1,3,5-6H,2,4H2. The molecule has 0 fully saturated rings. The molecule has 3 heterocycles. The molecule has 0 amide bonds. The molecule has 0 saturated heterocycles. The molecule has 3 nitrogen and oxygen atoms in total. The first-order valence-corrected chi connectivity index (χ1v) is 4.50. The number of hydrogen-bond donors (Lipinski definition) is 0. The number of pyridine rings is 1.